The van der Waals surface area contributed by atoms with E-state index in [1.165, 1.54) is 0 Å². The highest BCUT2D eigenvalue weighted by Crippen LogP contribution is 2.30. The van der Waals surface area contributed by atoms with Crippen molar-refractivity contribution < 1.29 is 9.16 Å². The fourth-order valence-electron chi connectivity index (χ4n) is 4.35. The second-order valence-corrected chi connectivity index (χ2v) is 15.3. The number of benzene rings is 2. The van der Waals surface area contributed by atoms with Crippen molar-refractivity contribution in [3.8, 4) is 17.1 Å². The molecule has 3 rings (SSSR count). The number of aromatic amines is 1. The second-order valence-electron chi connectivity index (χ2n) is 10.2. The maximum absolute atomic E-state index is 12.6. The molecule has 0 amide bonds. The van der Waals surface area contributed by atoms with Crippen LogP contribution in [0.4, 0.5) is 0 Å². The molecular formula is C25H33BrN2O3Si. The van der Waals surface area contributed by atoms with Crippen LogP contribution in [0.3, 0.4) is 0 Å². The van der Waals surface area contributed by atoms with Gasteiger partial charge < -0.3 is 14.1 Å². The molecule has 2 aromatic carbocycles. The first kappa shape index (κ1) is 24.7. The van der Waals surface area contributed by atoms with Crippen LogP contribution in [0, 0.1) is 19.3 Å². The van der Waals surface area contributed by atoms with Gasteiger partial charge in [0.25, 0.3) is 5.56 Å². The Labute approximate surface area is 199 Å². The number of aryl methyl sites for hydroxylation is 2. The molecule has 0 aliphatic rings. The van der Waals surface area contributed by atoms with Gasteiger partial charge in [0.1, 0.15) is 18.2 Å². The highest BCUT2D eigenvalue weighted by atomic mass is 79.9. The molecule has 0 radical (unpaired) electrons. The van der Waals surface area contributed by atoms with Crippen LogP contribution in [0.1, 0.15) is 31.9 Å². The molecule has 1 aromatic heterocycles. The topological polar surface area (TPSA) is 64.2 Å². The number of ether oxygens (including phenoxy) is 1. The van der Waals surface area contributed by atoms with Gasteiger partial charge in [-0.3, -0.25) is 4.79 Å². The van der Waals surface area contributed by atoms with Gasteiger partial charge in [-0.15, -0.1) is 0 Å². The van der Waals surface area contributed by atoms with E-state index in [2.05, 4.69) is 59.8 Å². The van der Waals surface area contributed by atoms with E-state index >= 15 is 0 Å². The van der Waals surface area contributed by atoms with E-state index in [-0.39, 0.29) is 11.0 Å². The molecule has 0 unspecified atom stereocenters. The molecule has 0 aliphatic carbocycles. The van der Waals surface area contributed by atoms with Gasteiger partial charge in [0.05, 0.1) is 17.5 Å². The van der Waals surface area contributed by atoms with E-state index in [9.17, 15) is 4.79 Å². The number of halogens is 1. The van der Waals surface area contributed by atoms with Crippen LogP contribution in [-0.2, 0) is 4.43 Å². The number of H-pyrrole nitrogens is 1. The van der Waals surface area contributed by atoms with Crippen LogP contribution >= 0.6 is 15.9 Å². The highest BCUT2D eigenvalue weighted by molar-refractivity contribution is 9.10. The Balaban J connectivity index is 1.74. The van der Waals surface area contributed by atoms with Crippen LogP contribution in [0.2, 0.25) is 19.1 Å². The molecule has 0 bridgehead atoms. The molecule has 0 saturated heterocycles. The lowest BCUT2D eigenvalue weighted by molar-refractivity contribution is 0.205. The normalized spacial score (nSPS) is 12.4. The monoisotopic (exact) mass is 516 g/mol. The minimum absolute atomic E-state index is 0.152. The lowest BCUT2D eigenvalue weighted by Crippen LogP contribution is -2.36. The van der Waals surface area contributed by atoms with E-state index in [4.69, 9.17) is 9.16 Å². The molecule has 1 N–H and O–H groups in total. The second kappa shape index (κ2) is 9.49. The SMILES string of the molecule is Cc1cc(-c2nc3ccc(Br)cc3c(=O)[nH]2)cc(C)c1OCCO[Si](C)(C)CC(C)(C)C. The maximum atomic E-state index is 12.6. The molecular weight excluding hydrogens is 484 g/mol. The lowest BCUT2D eigenvalue weighted by Gasteiger charge is -2.30. The lowest BCUT2D eigenvalue weighted by atomic mass is 10.0. The number of hydrogen-bond acceptors (Lipinski definition) is 4. The summed E-state index contributed by atoms with van der Waals surface area (Å²) in [7, 11) is -1.71. The molecule has 0 aliphatic heterocycles. The van der Waals surface area contributed by atoms with Crippen molar-refractivity contribution in [3.05, 3.63) is 56.3 Å². The minimum Gasteiger partial charge on any atom is -0.491 e. The molecule has 0 atom stereocenters. The Morgan fingerprint density at radius 2 is 1.72 bits per heavy atom. The average Bonchev–Trinajstić information content (AvgIpc) is 2.65. The van der Waals surface area contributed by atoms with E-state index in [0.29, 0.717) is 29.9 Å². The maximum Gasteiger partial charge on any atom is 0.259 e. The molecule has 0 spiro atoms. The molecule has 32 heavy (non-hydrogen) atoms. The summed E-state index contributed by atoms with van der Waals surface area (Å²) in [5, 5.41) is 0.564. The van der Waals surface area contributed by atoms with Gasteiger partial charge in [-0.05, 0) is 79.9 Å². The largest absolute Gasteiger partial charge is 0.491 e. The first-order valence-corrected chi connectivity index (χ1v) is 14.8. The van der Waals surface area contributed by atoms with Gasteiger partial charge in [0, 0.05) is 10.0 Å². The Bertz CT molecular complexity index is 1160. The van der Waals surface area contributed by atoms with Gasteiger partial charge in [-0.25, -0.2) is 4.98 Å². The molecule has 1 heterocycles. The van der Waals surface area contributed by atoms with E-state index in [0.717, 1.165) is 33.0 Å². The summed E-state index contributed by atoms with van der Waals surface area (Å²) in [5.74, 6) is 1.42. The zero-order chi connectivity index (χ0) is 23.7. The molecule has 0 saturated carbocycles. The summed E-state index contributed by atoms with van der Waals surface area (Å²) in [6.45, 7) is 16.4. The number of aromatic nitrogens is 2. The van der Waals surface area contributed by atoms with Crippen LogP contribution in [-0.4, -0.2) is 31.5 Å². The third kappa shape index (κ3) is 6.30. The van der Waals surface area contributed by atoms with Crippen LogP contribution in [0.25, 0.3) is 22.3 Å². The van der Waals surface area contributed by atoms with Crippen molar-refractivity contribution in [1.29, 1.82) is 0 Å². The molecule has 5 nitrogen and oxygen atoms in total. The smallest absolute Gasteiger partial charge is 0.259 e. The molecule has 0 fully saturated rings. The number of nitrogens with one attached hydrogen (secondary N) is 1. The van der Waals surface area contributed by atoms with Crippen molar-refractivity contribution in [2.24, 2.45) is 5.41 Å². The molecule has 172 valence electrons. The van der Waals surface area contributed by atoms with Gasteiger partial charge >= 0.3 is 0 Å². The van der Waals surface area contributed by atoms with Crippen LogP contribution in [0.15, 0.2) is 39.6 Å². The number of fused-ring (bicyclic) bond motifs is 1. The zero-order valence-corrected chi connectivity index (χ0v) is 22.6. The van der Waals surface area contributed by atoms with Crippen LogP contribution < -0.4 is 10.3 Å². The highest BCUT2D eigenvalue weighted by Gasteiger charge is 2.29. The van der Waals surface area contributed by atoms with Crippen molar-refractivity contribution in [1.82, 2.24) is 9.97 Å². The predicted octanol–water partition coefficient (Wildman–Crippen LogP) is 6.62. The fraction of sp³-hybridized carbons (Fsp3) is 0.440. The molecule has 7 heteroatoms. The van der Waals surface area contributed by atoms with Crippen molar-refractivity contribution >= 4 is 35.2 Å². The third-order valence-corrected chi connectivity index (χ3v) is 8.57. The summed E-state index contributed by atoms with van der Waals surface area (Å²) in [5.41, 5.74) is 3.66. The van der Waals surface area contributed by atoms with Crippen molar-refractivity contribution in [2.45, 2.75) is 53.8 Å². The summed E-state index contributed by atoms with van der Waals surface area (Å²) in [6.07, 6.45) is 0. The first-order chi connectivity index (χ1) is 14.8. The first-order valence-electron chi connectivity index (χ1n) is 10.9. The van der Waals surface area contributed by atoms with Gasteiger partial charge in [-0.2, -0.15) is 0 Å². The summed E-state index contributed by atoms with van der Waals surface area (Å²) < 4.78 is 13.2. The van der Waals surface area contributed by atoms with Gasteiger partial charge in [0.15, 0.2) is 8.32 Å². The Morgan fingerprint density at radius 1 is 1.06 bits per heavy atom. The van der Waals surface area contributed by atoms with E-state index < -0.39 is 8.32 Å². The quantitative estimate of drug-likeness (QED) is 0.283. The fourth-order valence-corrected chi connectivity index (χ4v) is 8.01. The molecule has 3 aromatic rings. The van der Waals surface area contributed by atoms with Gasteiger partial charge in [0.2, 0.25) is 0 Å². The summed E-state index contributed by atoms with van der Waals surface area (Å²) >= 11 is 3.40. The average molecular weight is 518 g/mol. The Morgan fingerprint density at radius 3 is 2.34 bits per heavy atom. The Kier molecular flexibility index (Phi) is 7.32. The number of hydrogen-bond donors (Lipinski definition) is 1. The number of nitrogens with zero attached hydrogens (tertiary/aromatic N) is 1. The van der Waals surface area contributed by atoms with E-state index in [1.807, 2.05) is 38.1 Å². The van der Waals surface area contributed by atoms with Crippen molar-refractivity contribution in [3.63, 3.8) is 0 Å². The summed E-state index contributed by atoms with van der Waals surface area (Å²) in [4.78, 5) is 20.1. The van der Waals surface area contributed by atoms with Gasteiger partial charge in [-0.1, -0.05) is 36.7 Å². The summed E-state index contributed by atoms with van der Waals surface area (Å²) in [6, 6.07) is 10.6. The van der Waals surface area contributed by atoms with E-state index in [1.54, 1.807) is 6.07 Å². The van der Waals surface area contributed by atoms with Crippen LogP contribution in [0.5, 0.6) is 5.75 Å². The Hall–Kier alpha value is -1.96. The zero-order valence-electron chi connectivity index (χ0n) is 20.1. The standard InChI is InChI=1S/C25H33BrN2O3Si/c1-16-12-18(23-27-21-9-8-19(26)14-20(21)24(29)28-23)13-17(2)22(16)30-10-11-31-32(6,7)15-25(3,4)5/h8-9,12-14H,10-11,15H2,1-7H3,(H,27,28,29). The minimum atomic E-state index is -1.71. The third-order valence-electron chi connectivity index (χ3n) is 5.18. The van der Waals surface area contributed by atoms with Crippen molar-refractivity contribution in [2.75, 3.05) is 13.2 Å². The predicted molar refractivity (Wildman–Crippen MR) is 138 cm³/mol. The number of rotatable bonds is 7.